The van der Waals surface area contributed by atoms with E-state index in [9.17, 15) is 9.59 Å². The zero-order valence-electron chi connectivity index (χ0n) is 12.6. The van der Waals surface area contributed by atoms with Crippen molar-refractivity contribution in [2.45, 2.75) is 18.9 Å². The lowest BCUT2D eigenvalue weighted by molar-refractivity contribution is 0.0646. The van der Waals surface area contributed by atoms with Crippen molar-refractivity contribution in [3.63, 3.8) is 0 Å². The molecule has 1 unspecified atom stereocenters. The number of piperidine rings is 1. The standard InChI is InChI=1S/C16H18N4O3/c17-14-7-1-5-12(19-14)15(21)18-11-4-2-8-20(10-11)16(22)13-6-3-9-23-13/h1,3,5-7,9,11H,2,4,8,10H2,(H2,17,19)(H,18,21). The number of aromatic nitrogens is 1. The van der Waals surface area contributed by atoms with Crippen molar-refractivity contribution in [3.8, 4) is 0 Å². The first kappa shape index (κ1) is 15.1. The normalized spacial score (nSPS) is 17.7. The van der Waals surface area contributed by atoms with E-state index in [2.05, 4.69) is 10.3 Å². The number of amides is 2. The molecule has 0 bridgehead atoms. The summed E-state index contributed by atoms with van der Waals surface area (Å²) in [5.74, 6) is 0.177. The molecular weight excluding hydrogens is 296 g/mol. The van der Waals surface area contributed by atoms with Crippen molar-refractivity contribution in [1.82, 2.24) is 15.2 Å². The summed E-state index contributed by atoms with van der Waals surface area (Å²) in [7, 11) is 0. The average molecular weight is 314 g/mol. The van der Waals surface area contributed by atoms with E-state index in [-0.39, 0.29) is 23.6 Å². The van der Waals surface area contributed by atoms with Gasteiger partial charge in [-0.3, -0.25) is 9.59 Å². The predicted molar refractivity (Wildman–Crippen MR) is 83.7 cm³/mol. The number of furan rings is 1. The first-order valence-corrected chi connectivity index (χ1v) is 7.49. The molecule has 120 valence electrons. The van der Waals surface area contributed by atoms with Crippen LogP contribution in [-0.4, -0.2) is 40.8 Å². The summed E-state index contributed by atoms with van der Waals surface area (Å²) in [4.78, 5) is 30.2. The molecule has 2 amide bonds. The van der Waals surface area contributed by atoms with Crippen LogP contribution in [0.25, 0.3) is 0 Å². The summed E-state index contributed by atoms with van der Waals surface area (Å²) in [5, 5.41) is 2.91. The highest BCUT2D eigenvalue weighted by atomic mass is 16.3. The number of nitrogens with two attached hydrogens (primary N) is 1. The summed E-state index contributed by atoms with van der Waals surface area (Å²) in [6.07, 6.45) is 3.11. The largest absolute Gasteiger partial charge is 0.459 e. The quantitative estimate of drug-likeness (QED) is 0.889. The Morgan fingerprint density at radius 3 is 2.91 bits per heavy atom. The Morgan fingerprint density at radius 2 is 2.17 bits per heavy atom. The maximum Gasteiger partial charge on any atom is 0.289 e. The van der Waals surface area contributed by atoms with Gasteiger partial charge in [0.05, 0.1) is 6.26 Å². The van der Waals surface area contributed by atoms with E-state index in [0.29, 0.717) is 24.7 Å². The molecule has 0 radical (unpaired) electrons. The number of nitrogens with one attached hydrogen (secondary N) is 1. The second-order valence-electron chi connectivity index (χ2n) is 5.49. The fourth-order valence-corrected chi connectivity index (χ4v) is 2.67. The topological polar surface area (TPSA) is 101 Å². The van der Waals surface area contributed by atoms with Crippen LogP contribution in [0.5, 0.6) is 0 Å². The van der Waals surface area contributed by atoms with Gasteiger partial charge < -0.3 is 20.4 Å². The molecule has 1 aliphatic heterocycles. The summed E-state index contributed by atoms with van der Waals surface area (Å²) in [5.41, 5.74) is 5.87. The third-order valence-electron chi connectivity index (χ3n) is 3.78. The highest BCUT2D eigenvalue weighted by Gasteiger charge is 2.27. The van der Waals surface area contributed by atoms with E-state index in [1.54, 1.807) is 35.2 Å². The van der Waals surface area contributed by atoms with Crippen LogP contribution in [0.2, 0.25) is 0 Å². The lowest BCUT2D eigenvalue weighted by atomic mass is 10.1. The van der Waals surface area contributed by atoms with Crippen LogP contribution in [0.1, 0.15) is 33.9 Å². The summed E-state index contributed by atoms with van der Waals surface area (Å²) >= 11 is 0. The smallest absolute Gasteiger partial charge is 0.289 e. The molecule has 3 N–H and O–H groups in total. The Bertz CT molecular complexity index is 699. The number of carbonyl (C=O) groups excluding carboxylic acids is 2. The van der Waals surface area contributed by atoms with Crippen LogP contribution in [-0.2, 0) is 0 Å². The fraction of sp³-hybridized carbons (Fsp3) is 0.312. The van der Waals surface area contributed by atoms with Gasteiger partial charge in [-0.15, -0.1) is 0 Å². The van der Waals surface area contributed by atoms with Gasteiger partial charge in [0.1, 0.15) is 11.5 Å². The molecular formula is C16H18N4O3. The van der Waals surface area contributed by atoms with E-state index in [4.69, 9.17) is 10.2 Å². The zero-order valence-corrected chi connectivity index (χ0v) is 12.6. The van der Waals surface area contributed by atoms with Crippen LogP contribution in [0.15, 0.2) is 41.0 Å². The van der Waals surface area contributed by atoms with E-state index >= 15 is 0 Å². The third-order valence-corrected chi connectivity index (χ3v) is 3.78. The molecule has 0 spiro atoms. The molecule has 1 atom stereocenters. The van der Waals surface area contributed by atoms with Crippen molar-refractivity contribution in [1.29, 1.82) is 0 Å². The van der Waals surface area contributed by atoms with Gasteiger partial charge in [-0.2, -0.15) is 0 Å². The van der Waals surface area contributed by atoms with Gasteiger partial charge in [0, 0.05) is 19.1 Å². The molecule has 0 saturated carbocycles. The number of hydrogen-bond acceptors (Lipinski definition) is 5. The van der Waals surface area contributed by atoms with Gasteiger partial charge in [-0.05, 0) is 37.1 Å². The van der Waals surface area contributed by atoms with Gasteiger partial charge in [0.15, 0.2) is 5.76 Å². The third kappa shape index (κ3) is 3.50. The van der Waals surface area contributed by atoms with Gasteiger partial charge in [-0.25, -0.2) is 4.98 Å². The van der Waals surface area contributed by atoms with E-state index in [1.165, 1.54) is 6.26 Å². The lowest BCUT2D eigenvalue weighted by Gasteiger charge is -2.32. The number of rotatable bonds is 3. The lowest BCUT2D eigenvalue weighted by Crippen LogP contribution is -2.49. The van der Waals surface area contributed by atoms with Crippen molar-refractivity contribution < 1.29 is 14.0 Å². The molecule has 2 aromatic heterocycles. The molecule has 1 aliphatic rings. The number of hydrogen-bond donors (Lipinski definition) is 2. The molecule has 3 rings (SSSR count). The van der Waals surface area contributed by atoms with Crippen LogP contribution < -0.4 is 11.1 Å². The van der Waals surface area contributed by atoms with Crippen molar-refractivity contribution >= 4 is 17.6 Å². The molecule has 1 fully saturated rings. The molecule has 3 heterocycles. The number of nitrogens with zero attached hydrogens (tertiary/aromatic N) is 2. The van der Waals surface area contributed by atoms with E-state index in [1.807, 2.05) is 0 Å². The number of nitrogen functional groups attached to an aromatic ring is 1. The molecule has 0 aliphatic carbocycles. The van der Waals surface area contributed by atoms with E-state index < -0.39 is 0 Å². The number of anilines is 1. The number of carbonyl (C=O) groups is 2. The van der Waals surface area contributed by atoms with Gasteiger partial charge in [0.25, 0.3) is 11.8 Å². The van der Waals surface area contributed by atoms with E-state index in [0.717, 1.165) is 12.8 Å². The predicted octanol–water partition coefficient (Wildman–Crippen LogP) is 1.29. The minimum Gasteiger partial charge on any atom is -0.459 e. The molecule has 1 saturated heterocycles. The Kier molecular flexibility index (Phi) is 4.27. The van der Waals surface area contributed by atoms with Crippen molar-refractivity contribution in [2.24, 2.45) is 0 Å². The number of pyridine rings is 1. The summed E-state index contributed by atoms with van der Waals surface area (Å²) < 4.78 is 5.14. The molecule has 7 nitrogen and oxygen atoms in total. The van der Waals surface area contributed by atoms with Crippen LogP contribution >= 0.6 is 0 Å². The maximum absolute atomic E-state index is 12.3. The average Bonchev–Trinajstić information content (AvgIpc) is 3.09. The summed E-state index contributed by atoms with van der Waals surface area (Å²) in [6.45, 7) is 1.11. The Labute approximate surface area is 133 Å². The van der Waals surface area contributed by atoms with Crippen LogP contribution in [0.3, 0.4) is 0 Å². The SMILES string of the molecule is Nc1cccc(C(=O)NC2CCCN(C(=O)c3ccco3)C2)n1. The first-order valence-electron chi connectivity index (χ1n) is 7.49. The highest BCUT2D eigenvalue weighted by Crippen LogP contribution is 2.15. The minimum atomic E-state index is -0.283. The van der Waals surface area contributed by atoms with Gasteiger partial charge in [0.2, 0.25) is 0 Å². The van der Waals surface area contributed by atoms with Crippen molar-refractivity contribution in [3.05, 3.63) is 48.0 Å². The van der Waals surface area contributed by atoms with Crippen LogP contribution in [0.4, 0.5) is 5.82 Å². The molecule has 0 aromatic carbocycles. The molecule has 7 heteroatoms. The Morgan fingerprint density at radius 1 is 1.30 bits per heavy atom. The summed E-state index contributed by atoms with van der Waals surface area (Å²) in [6, 6.07) is 8.13. The number of likely N-dealkylation sites (tertiary alicyclic amines) is 1. The molecule has 23 heavy (non-hydrogen) atoms. The van der Waals surface area contributed by atoms with Crippen LogP contribution in [0, 0.1) is 0 Å². The first-order chi connectivity index (χ1) is 11.1. The van der Waals surface area contributed by atoms with Gasteiger partial charge in [-0.1, -0.05) is 6.07 Å². The fourth-order valence-electron chi connectivity index (χ4n) is 2.67. The monoisotopic (exact) mass is 314 g/mol. The maximum atomic E-state index is 12.3. The molecule has 2 aromatic rings. The zero-order chi connectivity index (χ0) is 16.2. The Hall–Kier alpha value is -2.83. The van der Waals surface area contributed by atoms with Crippen molar-refractivity contribution in [2.75, 3.05) is 18.8 Å². The minimum absolute atomic E-state index is 0.113. The Balaban J connectivity index is 1.62. The highest BCUT2D eigenvalue weighted by molar-refractivity contribution is 5.93. The second-order valence-corrected chi connectivity index (χ2v) is 5.49. The van der Waals surface area contributed by atoms with Gasteiger partial charge >= 0.3 is 0 Å². The second kappa shape index (κ2) is 6.51.